The number of nitrogens with zero attached hydrogens (tertiary/aromatic N) is 1. The Morgan fingerprint density at radius 3 is 3.09 bits per heavy atom. The van der Waals surface area contributed by atoms with E-state index in [0.717, 1.165) is 17.7 Å². The summed E-state index contributed by atoms with van der Waals surface area (Å²) in [6, 6.07) is 9.68. The molecule has 0 N–H and O–H groups in total. The zero-order chi connectivity index (χ0) is 16.2. The molecule has 0 saturated carbocycles. The summed E-state index contributed by atoms with van der Waals surface area (Å²) in [5.41, 5.74) is 1.14. The number of hydrogen-bond donors (Lipinski definition) is 0. The minimum Gasteiger partial charge on any atom is -0.497 e. The minimum absolute atomic E-state index is 0.0102. The van der Waals surface area contributed by atoms with Gasteiger partial charge in [0.25, 0.3) is 5.91 Å². The smallest absolute Gasteiger partial charge is 0.265 e. The van der Waals surface area contributed by atoms with Crippen LogP contribution in [0.3, 0.4) is 0 Å². The lowest BCUT2D eigenvalue weighted by Gasteiger charge is -2.33. The molecule has 1 fully saturated rings. The molecule has 2 aromatic rings. The van der Waals surface area contributed by atoms with Crippen molar-refractivity contribution in [3.63, 3.8) is 0 Å². The highest BCUT2D eigenvalue weighted by Gasteiger charge is 2.27. The average molecular weight is 352 g/mol. The molecule has 0 aliphatic carbocycles. The zero-order valence-electron chi connectivity index (χ0n) is 12.8. The standard InChI is InChI=1S/C17H18ClNO3S/c1-21-13-4-2-3-12(9-13)10-14-11-19(6-7-22-14)17(20)16-15(18)5-8-23-16/h2-5,8-9,14H,6-7,10-11H2,1H3/t14-/m1/s1. The number of methoxy groups -OCH3 is 1. The second-order valence-electron chi connectivity index (χ2n) is 5.40. The van der Waals surface area contributed by atoms with Crippen LogP contribution in [-0.2, 0) is 11.2 Å². The van der Waals surface area contributed by atoms with Crippen LogP contribution in [0.1, 0.15) is 15.2 Å². The monoisotopic (exact) mass is 351 g/mol. The van der Waals surface area contributed by atoms with E-state index in [9.17, 15) is 4.79 Å². The maximum atomic E-state index is 12.6. The molecule has 1 aliphatic rings. The van der Waals surface area contributed by atoms with Crippen molar-refractivity contribution in [3.8, 4) is 5.75 Å². The molecule has 1 aliphatic heterocycles. The lowest BCUT2D eigenvalue weighted by molar-refractivity contribution is -0.0206. The van der Waals surface area contributed by atoms with Gasteiger partial charge in [0.05, 0.1) is 24.8 Å². The van der Waals surface area contributed by atoms with E-state index >= 15 is 0 Å². The van der Waals surface area contributed by atoms with Gasteiger partial charge < -0.3 is 14.4 Å². The Hall–Kier alpha value is -1.56. The zero-order valence-corrected chi connectivity index (χ0v) is 14.4. The van der Waals surface area contributed by atoms with Crippen molar-refractivity contribution < 1.29 is 14.3 Å². The summed E-state index contributed by atoms with van der Waals surface area (Å²) in [5, 5.41) is 2.36. The highest BCUT2D eigenvalue weighted by molar-refractivity contribution is 7.12. The fourth-order valence-corrected chi connectivity index (χ4v) is 3.78. The van der Waals surface area contributed by atoms with E-state index < -0.39 is 0 Å². The molecule has 1 amide bonds. The number of morpholine rings is 1. The Labute approximate surface area is 144 Å². The summed E-state index contributed by atoms with van der Waals surface area (Å²) in [5.74, 6) is 0.820. The fourth-order valence-electron chi connectivity index (χ4n) is 2.68. The molecule has 4 nitrogen and oxygen atoms in total. The molecule has 1 aromatic heterocycles. The highest BCUT2D eigenvalue weighted by Crippen LogP contribution is 2.25. The molecule has 0 bridgehead atoms. The summed E-state index contributed by atoms with van der Waals surface area (Å²) in [7, 11) is 1.65. The van der Waals surface area contributed by atoms with E-state index in [0.29, 0.717) is 29.6 Å². The first-order chi connectivity index (χ1) is 11.2. The number of halogens is 1. The van der Waals surface area contributed by atoms with Crippen molar-refractivity contribution in [2.24, 2.45) is 0 Å². The van der Waals surface area contributed by atoms with Crippen LogP contribution in [0.25, 0.3) is 0 Å². The Morgan fingerprint density at radius 1 is 1.48 bits per heavy atom. The third-order valence-electron chi connectivity index (χ3n) is 3.83. The van der Waals surface area contributed by atoms with Gasteiger partial charge in [-0.05, 0) is 29.1 Å². The largest absolute Gasteiger partial charge is 0.497 e. The van der Waals surface area contributed by atoms with Gasteiger partial charge >= 0.3 is 0 Å². The molecule has 0 radical (unpaired) electrons. The predicted molar refractivity (Wildman–Crippen MR) is 91.7 cm³/mol. The van der Waals surface area contributed by atoms with Gasteiger partial charge in [-0.1, -0.05) is 23.7 Å². The maximum Gasteiger partial charge on any atom is 0.265 e. The van der Waals surface area contributed by atoms with Gasteiger partial charge in [0.1, 0.15) is 10.6 Å². The Bertz CT molecular complexity index is 688. The molecule has 3 rings (SSSR count). The lowest BCUT2D eigenvalue weighted by Crippen LogP contribution is -2.46. The first kappa shape index (κ1) is 16.3. The minimum atomic E-state index is -0.0152. The van der Waals surface area contributed by atoms with E-state index in [1.54, 1.807) is 13.2 Å². The quantitative estimate of drug-likeness (QED) is 0.846. The first-order valence-electron chi connectivity index (χ1n) is 7.44. The Kier molecular flexibility index (Phi) is 5.20. The van der Waals surface area contributed by atoms with Crippen LogP contribution in [-0.4, -0.2) is 43.7 Å². The number of amides is 1. The van der Waals surface area contributed by atoms with Crippen molar-refractivity contribution in [1.82, 2.24) is 4.90 Å². The molecular formula is C17H18ClNO3S. The normalized spacial score (nSPS) is 18.0. The van der Waals surface area contributed by atoms with Crippen LogP contribution >= 0.6 is 22.9 Å². The summed E-state index contributed by atoms with van der Waals surface area (Å²) in [4.78, 5) is 15.0. The maximum absolute atomic E-state index is 12.6. The number of hydrogen-bond acceptors (Lipinski definition) is 4. The second kappa shape index (κ2) is 7.34. The van der Waals surface area contributed by atoms with Gasteiger partial charge in [-0.3, -0.25) is 4.79 Å². The molecule has 23 heavy (non-hydrogen) atoms. The topological polar surface area (TPSA) is 38.8 Å². The molecule has 1 saturated heterocycles. The molecule has 6 heteroatoms. The van der Waals surface area contributed by atoms with Gasteiger partial charge in [-0.2, -0.15) is 0 Å². The number of carbonyl (C=O) groups excluding carboxylic acids is 1. The molecule has 122 valence electrons. The molecule has 0 spiro atoms. The number of rotatable bonds is 4. The number of thiophene rings is 1. The van der Waals surface area contributed by atoms with Gasteiger partial charge in [-0.25, -0.2) is 0 Å². The third-order valence-corrected chi connectivity index (χ3v) is 5.16. The van der Waals surface area contributed by atoms with Crippen molar-refractivity contribution >= 4 is 28.8 Å². The van der Waals surface area contributed by atoms with Crippen LogP contribution in [0.2, 0.25) is 5.02 Å². The summed E-state index contributed by atoms with van der Waals surface area (Å²) < 4.78 is 11.1. The highest BCUT2D eigenvalue weighted by atomic mass is 35.5. The van der Waals surface area contributed by atoms with Crippen LogP contribution in [0.5, 0.6) is 5.75 Å². The molecule has 1 aromatic carbocycles. The van der Waals surface area contributed by atoms with Crippen LogP contribution in [0.4, 0.5) is 0 Å². The summed E-state index contributed by atoms with van der Waals surface area (Å²) >= 11 is 7.45. The summed E-state index contributed by atoms with van der Waals surface area (Å²) in [6.07, 6.45) is 0.734. The Balaban J connectivity index is 1.66. The van der Waals surface area contributed by atoms with E-state index in [1.165, 1.54) is 11.3 Å². The van der Waals surface area contributed by atoms with Crippen LogP contribution < -0.4 is 4.74 Å². The second-order valence-corrected chi connectivity index (χ2v) is 6.72. The van der Waals surface area contributed by atoms with E-state index in [1.807, 2.05) is 34.5 Å². The number of benzene rings is 1. The van der Waals surface area contributed by atoms with Crippen molar-refractivity contribution in [3.05, 3.63) is 51.2 Å². The van der Waals surface area contributed by atoms with E-state index in [2.05, 4.69) is 0 Å². The number of ether oxygens (including phenoxy) is 2. The molecule has 1 atom stereocenters. The van der Waals surface area contributed by atoms with E-state index in [4.69, 9.17) is 21.1 Å². The molecule has 2 heterocycles. The van der Waals surface area contributed by atoms with Gasteiger partial charge in [0.15, 0.2) is 0 Å². The SMILES string of the molecule is COc1cccc(C[C@@H]2CN(C(=O)c3sccc3Cl)CCO2)c1. The fraction of sp³-hybridized carbons (Fsp3) is 0.353. The average Bonchev–Trinajstić information content (AvgIpc) is 3.00. The van der Waals surface area contributed by atoms with Crippen molar-refractivity contribution in [2.75, 3.05) is 26.8 Å². The Morgan fingerprint density at radius 2 is 2.35 bits per heavy atom. The van der Waals surface area contributed by atoms with E-state index in [-0.39, 0.29) is 12.0 Å². The van der Waals surface area contributed by atoms with Gasteiger partial charge in [0, 0.05) is 19.5 Å². The van der Waals surface area contributed by atoms with Crippen LogP contribution in [0.15, 0.2) is 35.7 Å². The third kappa shape index (κ3) is 3.86. The predicted octanol–water partition coefficient (Wildman–Crippen LogP) is 3.49. The van der Waals surface area contributed by atoms with Crippen molar-refractivity contribution in [2.45, 2.75) is 12.5 Å². The van der Waals surface area contributed by atoms with Gasteiger partial charge in [-0.15, -0.1) is 11.3 Å². The molecular weight excluding hydrogens is 334 g/mol. The number of carbonyl (C=O) groups is 1. The van der Waals surface area contributed by atoms with Crippen LogP contribution in [0, 0.1) is 0 Å². The first-order valence-corrected chi connectivity index (χ1v) is 8.70. The molecule has 0 unspecified atom stereocenters. The lowest BCUT2D eigenvalue weighted by atomic mass is 10.1. The summed E-state index contributed by atoms with van der Waals surface area (Å²) in [6.45, 7) is 1.72. The van der Waals surface area contributed by atoms with Crippen molar-refractivity contribution in [1.29, 1.82) is 0 Å². The van der Waals surface area contributed by atoms with Gasteiger partial charge in [0.2, 0.25) is 0 Å².